The standard InChI is InChI=1S/C18H26N4O3.ClH/c1-10(23)13(19)17(25)22-8-6-18(7-9-22)5-4-12-14(18)20-15(11-2-3-11)21-16(12)24;/h10-11,13,23H,2-9,19H2,1H3,(H,20,21,24);1H/t10-,13+;/m0./s1. The number of halogens is 1. The van der Waals surface area contributed by atoms with Crippen LogP contribution in [0.25, 0.3) is 0 Å². The van der Waals surface area contributed by atoms with Crippen molar-refractivity contribution in [2.75, 3.05) is 13.1 Å². The molecule has 0 radical (unpaired) electrons. The molecule has 8 heteroatoms. The molecule has 4 N–H and O–H groups in total. The molecule has 1 spiro atoms. The maximum atomic E-state index is 12.4. The first-order valence-corrected chi connectivity index (χ1v) is 9.27. The van der Waals surface area contributed by atoms with Crippen molar-refractivity contribution in [2.24, 2.45) is 5.73 Å². The van der Waals surface area contributed by atoms with Gasteiger partial charge in [-0.2, -0.15) is 0 Å². The summed E-state index contributed by atoms with van der Waals surface area (Å²) < 4.78 is 0. The van der Waals surface area contributed by atoms with Gasteiger partial charge in [0, 0.05) is 30.0 Å². The zero-order valence-electron chi connectivity index (χ0n) is 15.0. The van der Waals surface area contributed by atoms with Crippen molar-refractivity contribution < 1.29 is 9.90 Å². The van der Waals surface area contributed by atoms with Gasteiger partial charge in [0.25, 0.3) is 5.56 Å². The highest BCUT2D eigenvalue weighted by Gasteiger charge is 2.45. The van der Waals surface area contributed by atoms with Crippen LogP contribution in [0.1, 0.15) is 62.0 Å². The summed E-state index contributed by atoms with van der Waals surface area (Å²) in [5, 5.41) is 9.56. The number of hydrogen-bond acceptors (Lipinski definition) is 5. The maximum Gasteiger partial charge on any atom is 0.254 e. The van der Waals surface area contributed by atoms with Gasteiger partial charge in [-0.3, -0.25) is 9.59 Å². The number of likely N-dealkylation sites (tertiary alicyclic amines) is 1. The molecule has 3 aliphatic rings. The molecule has 4 rings (SSSR count). The molecule has 2 heterocycles. The normalized spacial score (nSPS) is 23.3. The van der Waals surface area contributed by atoms with Crippen LogP contribution in [0.15, 0.2) is 4.79 Å². The zero-order chi connectivity index (χ0) is 17.8. The van der Waals surface area contributed by atoms with Gasteiger partial charge in [0.05, 0.1) is 11.8 Å². The number of nitrogens with zero attached hydrogens (tertiary/aromatic N) is 2. The van der Waals surface area contributed by atoms with E-state index in [1.165, 1.54) is 6.92 Å². The van der Waals surface area contributed by atoms with Crippen molar-refractivity contribution >= 4 is 18.3 Å². The maximum absolute atomic E-state index is 12.4. The average molecular weight is 383 g/mol. The fourth-order valence-electron chi connectivity index (χ4n) is 4.28. The van der Waals surface area contributed by atoms with E-state index in [4.69, 9.17) is 10.7 Å². The molecule has 2 aliphatic carbocycles. The molecule has 2 fully saturated rings. The summed E-state index contributed by atoms with van der Waals surface area (Å²) in [7, 11) is 0. The van der Waals surface area contributed by atoms with E-state index in [0.29, 0.717) is 19.0 Å². The van der Waals surface area contributed by atoms with E-state index in [2.05, 4.69) is 4.98 Å². The summed E-state index contributed by atoms with van der Waals surface area (Å²) in [5.74, 6) is 1.07. The third-order valence-electron chi connectivity index (χ3n) is 6.19. The number of hydrogen-bond donors (Lipinski definition) is 3. The van der Waals surface area contributed by atoms with Gasteiger partial charge in [-0.15, -0.1) is 12.4 Å². The molecule has 1 aliphatic heterocycles. The Morgan fingerprint density at radius 1 is 1.35 bits per heavy atom. The Kier molecular flexibility index (Phi) is 5.16. The molecule has 0 aromatic carbocycles. The lowest BCUT2D eigenvalue weighted by atomic mass is 9.76. The van der Waals surface area contributed by atoms with E-state index in [0.717, 1.165) is 55.6 Å². The van der Waals surface area contributed by atoms with Crippen molar-refractivity contribution in [2.45, 2.75) is 68.9 Å². The first-order valence-electron chi connectivity index (χ1n) is 9.27. The number of amides is 1. The largest absolute Gasteiger partial charge is 0.391 e. The number of nitrogens with two attached hydrogens (primary N) is 1. The third-order valence-corrected chi connectivity index (χ3v) is 6.19. The van der Waals surface area contributed by atoms with Gasteiger partial charge in [-0.25, -0.2) is 4.98 Å². The first kappa shape index (κ1) is 19.3. The van der Waals surface area contributed by atoms with Crippen LogP contribution in [0.3, 0.4) is 0 Å². The summed E-state index contributed by atoms with van der Waals surface area (Å²) in [6.07, 6.45) is 4.66. The predicted octanol–water partition coefficient (Wildman–Crippen LogP) is 0.584. The van der Waals surface area contributed by atoms with E-state index in [1.54, 1.807) is 4.90 Å². The highest BCUT2D eigenvalue weighted by molar-refractivity contribution is 5.85. The van der Waals surface area contributed by atoms with Gasteiger partial charge in [0.15, 0.2) is 0 Å². The molecular formula is C18H27ClN4O3. The van der Waals surface area contributed by atoms with Gasteiger partial charge >= 0.3 is 0 Å². The number of carbonyl (C=O) groups is 1. The monoisotopic (exact) mass is 382 g/mol. The smallest absolute Gasteiger partial charge is 0.254 e. The summed E-state index contributed by atoms with van der Waals surface area (Å²) in [6, 6.07) is -0.868. The van der Waals surface area contributed by atoms with Crippen molar-refractivity contribution in [3.63, 3.8) is 0 Å². The lowest BCUT2D eigenvalue weighted by Crippen LogP contribution is -2.53. The molecule has 2 atom stereocenters. The number of carbonyl (C=O) groups excluding carboxylic acids is 1. The minimum absolute atomic E-state index is 0. The van der Waals surface area contributed by atoms with Gasteiger partial charge in [-0.1, -0.05) is 0 Å². The lowest BCUT2D eigenvalue weighted by Gasteiger charge is -2.40. The Morgan fingerprint density at radius 2 is 2.00 bits per heavy atom. The van der Waals surface area contributed by atoms with Crippen LogP contribution >= 0.6 is 12.4 Å². The number of aromatic amines is 1. The van der Waals surface area contributed by atoms with E-state index in [1.807, 2.05) is 0 Å². The number of H-pyrrole nitrogens is 1. The Balaban J connectivity index is 0.00000196. The third kappa shape index (κ3) is 3.17. The fraction of sp³-hybridized carbons (Fsp3) is 0.722. The second-order valence-corrected chi connectivity index (χ2v) is 7.92. The van der Waals surface area contributed by atoms with E-state index < -0.39 is 12.1 Å². The number of fused-ring (bicyclic) bond motifs is 2. The topological polar surface area (TPSA) is 112 Å². The Morgan fingerprint density at radius 3 is 2.58 bits per heavy atom. The molecule has 144 valence electrons. The van der Waals surface area contributed by atoms with Crippen molar-refractivity contribution in [3.05, 3.63) is 27.4 Å². The molecule has 26 heavy (non-hydrogen) atoms. The van der Waals surface area contributed by atoms with Crippen LogP contribution in [-0.4, -0.2) is 51.1 Å². The van der Waals surface area contributed by atoms with Crippen LogP contribution in [0.4, 0.5) is 0 Å². The van der Waals surface area contributed by atoms with Gasteiger partial charge in [-0.05, 0) is 45.4 Å². The van der Waals surface area contributed by atoms with E-state index in [-0.39, 0.29) is 29.3 Å². The number of rotatable bonds is 3. The average Bonchev–Trinajstić information content (AvgIpc) is 3.39. The number of piperidine rings is 1. The van der Waals surface area contributed by atoms with Gasteiger partial charge < -0.3 is 20.7 Å². The summed E-state index contributed by atoms with van der Waals surface area (Å²) in [6.45, 7) is 2.74. The number of aliphatic hydroxyl groups excluding tert-OH is 1. The SMILES string of the molecule is C[C@H](O)[C@@H](N)C(=O)N1CCC2(CCc3c2nc(C2CC2)[nH]c3=O)CC1.Cl. The van der Waals surface area contributed by atoms with Gasteiger partial charge in [0.1, 0.15) is 11.9 Å². The molecule has 0 bridgehead atoms. The predicted molar refractivity (Wildman–Crippen MR) is 99.5 cm³/mol. The van der Waals surface area contributed by atoms with Crippen LogP contribution < -0.4 is 11.3 Å². The van der Waals surface area contributed by atoms with Gasteiger partial charge in [0.2, 0.25) is 5.91 Å². The quantitative estimate of drug-likeness (QED) is 0.708. The molecule has 1 aromatic rings. The van der Waals surface area contributed by atoms with Crippen LogP contribution in [-0.2, 0) is 16.6 Å². The highest BCUT2D eigenvalue weighted by atomic mass is 35.5. The second-order valence-electron chi connectivity index (χ2n) is 7.92. The minimum Gasteiger partial charge on any atom is -0.391 e. The van der Waals surface area contributed by atoms with E-state index in [9.17, 15) is 14.7 Å². The van der Waals surface area contributed by atoms with Crippen LogP contribution in [0.2, 0.25) is 0 Å². The number of aliphatic hydroxyl groups is 1. The molecule has 0 unspecified atom stereocenters. The fourth-order valence-corrected chi connectivity index (χ4v) is 4.28. The second kappa shape index (κ2) is 6.94. The number of aromatic nitrogens is 2. The molecular weight excluding hydrogens is 356 g/mol. The molecule has 1 aromatic heterocycles. The van der Waals surface area contributed by atoms with Crippen molar-refractivity contribution in [3.8, 4) is 0 Å². The number of nitrogens with one attached hydrogen (secondary N) is 1. The summed E-state index contributed by atoms with van der Waals surface area (Å²) in [4.78, 5) is 34.4. The molecule has 1 saturated heterocycles. The Labute approximate surface area is 158 Å². The van der Waals surface area contributed by atoms with Crippen molar-refractivity contribution in [1.82, 2.24) is 14.9 Å². The molecule has 7 nitrogen and oxygen atoms in total. The summed E-state index contributed by atoms with van der Waals surface area (Å²) in [5.41, 5.74) is 7.55. The highest BCUT2D eigenvalue weighted by Crippen LogP contribution is 2.46. The molecule has 1 saturated carbocycles. The Hall–Kier alpha value is -1.44. The zero-order valence-corrected chi connectivity index (χ0v) is 15.8. The van der Waals surface area contributed by atoms with Crippen LogP contribution in [0, 0.1) is 0 Å². The lowest BCUT2D eigenvalue weighted by molar-refractivity contribution is -0.136. The van der Waals surface area contributed by atoms with Crippen molar-refractivity contribution in [1.29, 1.82) is 0 Å². The van der Waals surface area contributed by atoms with E-state index >= 15 is 0 Å². The first-order chi connectivity index (χ1) is 11.9. The minimum atomic E-state index is -0.868. The molecule has 1 amide bonds. The summed E-state index contributed by atoms with van der Waals surface area (Å²) >= 11 is 0. The van der Waals surface area contributed by atoms with Crippen LogP contribution in [0.5, 0.6) is 0 Å². The Bertz CT molecular complexity index is 751.